The number of aliphatic hydroxyl groups is 2. The Hall–Kier alpha value is -0.380. The van der Waals surface area contributed by atoms with E-state index in [9.17, 15) is 0 Å². The summed E-state index contributed by atoms with van der Waals surface area (Å²) in [6.45, 7) is 0.113. The summed E-state index contributed by atoms with van der Waals surface area (Å²) < 4.78 is 0. The Labute approximate surface area is 53.0 Å². The maximum Gasteiger partial charge on any atom is 0.128 e. The van der Waals surface area contributed by atoms with Crippen LogP contribution in [-0.4, -0.2) is 29.1 Å². The summed E-state index contributed by atoms with van der Waals surface area (Å²) in [7, 11) is 0. The lowest BCUT2D eigenvalue weighted by molar-refractivity contribution is 0.161. The Balaban J connectivity index is 2.05. The molecule has 3 nitrogen and oxygen atoms in total. The molecule has 3 N–H and O–H groups in total. The topological polar surface area (TPSA) is 52.5 Å². The number of rotatable bonds is 1. The average molecular weight is 127 g/mol. The molecule has 2 aliphatic rings. The van der Waals surface area contributed by atoms with Crippen LogP contribution in [0.1, 0.15) is 0 Å². The van der Waals surface area contributed by atoms with Crippen molar-refractivity contribution >= 4 is 0 Å². The van der Waals surface area contributed by atoms with Gasteiger partial charge in [-0.15, -0.1) is 0 Å². The lowest BCUT2D eigenvalue weighted by atomic mass is 10.2. The molecule has 50 valence electrons. The summed E-state index contributed by atoms with van der Waals surface area (Å²) >= 11 is 0. The molecule has 2 rings (SSSR count). The predicted molar refractivity (Wildman–Crippen MR) is 31.6 cm³/mol. The van der Waals surface area contributed by atoms with E-state index in [1.807, 2.05) is 6.08 Å². The zero-order valence-corrected chi connectivity index (χ0v) is 4.91. The molecule has 0 amide bonds. The fourth-order valence-electron chi connectivity index (χ4n) is 1.35. The Kier molecular flexibility index (Phi) is 0.939. The van der Waals surface area contributed by atoms with Gasteiger partial charge in [0.05, 0.1) is 6.61 Å². The van der Waals surface area contributed by atoms with Gasteiger partial charge in [0.1, 0.15) is 6.23 Å². The van der Waals surface area contributed by atoms with E-state index in [0.29, 0.717) is 5.92 Å². The molecular formula is C6H9NO2. The van der Waals surface area contributed by atoms with E-state index in [1.165, 1.54) is 0 Å². The second-order valence-electron chi connectivity index (χ2n) is 2.55. The third-order valence-corrected chi connectivity index (χ3v) is 1.97. The van der Waals surface area contributed by atoms with Crippen molar-refractivity contribution in [2.45, 2.75) is 12.3 Å². The summed E-state index contributed by atoms with van der Waals surface area (Å²) in [6, 6.07) is 0.0787. The molecule has 0 aromatic heterocycles. The molecule has 0 radical (unpaired) electrons. The normalized spacial score (nSPS) is 46.4. The third kappa shape index (κ3) is 0.625. The first-order valence-electron chi connectivity index (χ1n) is 3.09. The van der Waals surface area contributed by atoms with E-state index < -0.39 is 6.23 Å². The van der Waals surface area contributed by atoms with Gasteiger partial charge in [0, 0.05) is 12.0 Å². The van der Waals surface area contributed by atoms with E-state index in [2.05, 4.69) is 5.32 Å². The Bertz CT molecular complexity index is 166. The molecule has 1 heterocycles. The fourth-order valence-corrected chi connectivity index (χ4v) is 1.35. The van der Waals surface area contributed by atoms with Crippen LogP contribution in [0.2, 0.25) is 0 Å². The van der Waals surface area contributed by atoms with Gasteiger partial charge < -0.3 is 10.2 Å². The van der Waals surface area contributed by atoms with Crippen molar-refractivity contribution < 1.29 is 10.2 Å². The molecule has 9 heavy (non-hydrogen) atoms. The van der Waals surface area contributed by atoms with Gasteiger partial charge in [-0.05, 0) is 5.57 Å². The molecule has 1 saturated heterocycles. The smallest absolute Gasteiger partial charge is 0.128 e. The van der Waals surface area contributed by atoms with Crippen molar-refractivity contribution in [1.29, 1.82) is 0 Å². The van der Waals surface area contributed by atoms with E-state index in [1.54, 1.807) is 0 Å². The molecule has 1 aliphatic carbocycles. The van der Waals surface area contributed by atoms with Crippen LogP contribution in [0.15, 0.2) is 11.6 Å². The van der Waals surface area contributed by atoms with Gasteiger partial charge in [-0.25, -0.2) is 0 Å². The molecule has 1 aliphatic heterocycles. The van der Waals surface area contributed by atoms with Gasteiger partial charge in [0.15, 0.2) is 0 Å². The highest BCUT2D eigenvalue weighted by Gasteiger charge is 2.44. The summed E-state index contributed by atoms with van der Waals surface area (Å²) in [5.74, 6) is 0.352. The molecule has 3 heteroatoms. The molecule has 3 atom stereocenters. The van der Waals surface area contributed by atoms with Crippen LogP contribution in [0.4, 0.5) is 0 Å². The van der Waals surface area contributed by atoms with E-state index in [-0.39, 0.29) is 12.6 Å². The minimum Gasteiger partial charge on any atom is -0.395 e. The van der Waals surface area contributed by atoms with Gasteiger partial charge in [-0.2, -0.15) is 0 Å². The fraction of sp³-hybridized carbons (Fsp3) is 0.667. The summed E-state index contributed by atoms with van der Waals surface area (Å²) in [4.78, 5) is 0. The molecule has 0 aromatic rings. The summed E-state index contributed by atoms with van der Waals surface area (Å²) in [5.41, 5.74) is 1.05. The number of nitrogens with one attached hydrogen (secondary N) is 1. The highest BCUT2D eigenvalue weighted by Crippen LogP contribution is 2.39. The van der Waals surface area contributed by atoms with Crippen molar-refractivity contribution in [3.63, 3.8) is 0 Å². The van der Waals surface area contributed by atoms with Crippen molar-refractivity contribution in [3.05, 3.63) is 11.6 Å². The molecular weight excluding hydrogens is 118 g/mol. The van der Waals surface area contributed by atoms with E-state index >= 15 is 0 Å². The molecule has 0 aromatic carbocycles. The lowest BCUT2D eigenvalue weighted by Gasteiger charge is -2.08. The molecule has 0 saturated carbocycles. The maximum atomic E-state index is 9.05. The predicted octanol–water partition coefficient (Wildman–Crippen LogP) is -1.17. The van der Waals surface area contributed by atoms with Crippen LogP contribution in [0.25, 0.3) is 0 Å². The van der Waals surface area contributed by atoms with E-state index in [0.717, 1.165) is 5.57 Å². The first-order valence-corrected chi connectivity index (χ1v) is 3.09. The zero-order chi connectivity index (χ0) is 6.43. The largest absolute Gasteiger partial charge is 0.395 e. The SMILES string of the molecule is OCC1NC(O)C2=CC21. The van der Waals surface area contributed by atoms with Crippen molar-refractivity contribution in [3.8, 4) is 0 Å². The van der Waals surface area contributed by atoms with Gasteiger partial charge in [0.2, 0.25) is 0 Å². The summed E-state index contributed by atoms with van der Waals surface area (Å²) in [6.07, 6.45) is 1.51. The van der Waals surface area contributed by atoms with Crippen LogP contribution in [0.5, 0.6) is 0 Å². The van der Waals surface area contributed by atoms with Crippen LogP contribution < -0.4 is 5.32 Å². The Morgan fingerprint density at radius 3 is 2.67 bits per heavy atom. The number of hydrogen-bond donors (Lipinski definition) is 3. The second-order valence-corrected chi connectivity index (χ2v) is 2.55. The lowest BCUT2D eigenvalue weighted by Crippen LogP contribution is -2.34. The van der Waals surface area contributed by atoms with Crippen molar-refractivity contribution in [2.24, 2.45) is 5.92 Å². The standard InChI is InChI=1S/C6H9NO2/c8-2-5-3-1-4(3)6(9)7-5/h1,3,5-9H,2H2. The molecule has 1 fully saturated rings. The minimum absolute atomic E-state index is 0.0787. The minimum atomic E-state index is -0.479. The monoisotopic (exact) mass is 127 g/mol. The average Bonchev–Trinajstić information content (AvgIpc) is 2.56. The molecule has 0 bridgehead atoms. The quantitative estimate of drug-likeness (QED) is 0.389. The van der Waals surface area contributed by atoms with Crippen molar-refractivity contribution in [1.82, 2.24) is 5.32 Å². The van der Waals surface area contributed by atoms with Crippen LogP contribution in [0.3, 0.4) is 0 Å². The molecule has 0 spiro atoms. The Morgan fingerprint density at radius 2 is 2.44 bits per heavy atom. The molecule has 3 unspecified atom stereocenters. The van der Waals surface area contributed by atoms with Gasteiger partial charge in [0.25, 0.3) is 0 Å². The highest BCUT2D eigenvalue weighted by atomic mass is 16.3. The number of aliphatic hydroxyl groups excluding tert-OH is 2. The summed E-state index contributed by atoms with van der Waals surface area (Å²) in [5, 5.41) is 20.6. The van der Waals surface area contributed by atoms with Gasteiger partial charge in [-0.1, -0.05) is 6.08 Å². The maximum absolute atomic E-state index is 9.05. The first kappa shape index (κ1) is 5.41. The second kappa shape index (κ2) is 1.56. The van der Waals surface area contributed by atoms with Gasteiger partial charge in [-0.3, -0.25) is 5.32 Å². The third-order valence-electron chi connectivity index (χ3n) is 1.97. The zero-order valence-electron chi connectivity index (χ0n) is 4.91. The van der Waals surface area contributed by atoms with Crippen LogP contribution in [-0.2, 0) is 0 Å². The Morgan fingerprint density at radius 1 is 1.67 bits per heavy atom. The number of hydrogen-bond acceptors (Lipinski definition) is 3. The van der Waals surface area contributed by atoms with Gasteiger partial charge >= 0.3 is 0 Å². The van der Waals surface area contributed by atoms with Crippen LogP contribution >= 0.6 is 0 Å². The number of fused-ring (bicyclic) bond motifs is 1. The highest BCUT2D eigenvalue weighted by molar-refractivity contribution is 5.39. The van der Waals surface area contributed by atoms with E-state index in [4.69, 9.17) is 10.2 Å². The van der Waals surface area contributed by atoms with Crippen LogP contribution in [0, 0.1) is 5.92 Å². The van der Waals surface area contributed by atoms with Crippen molar-refractivity contribution in [2.75, 3.05) is 6.61 Å². The first-order chi connectivity index (χ1) is 4.33.